The number of aryl methyl sites for hydroxylation is 1. The number of rotatable bonds is 6. The minimum atomic E-state index is -3.57. The lowest BCUT2D eigenvalue weighted by atomic mass is 10.2. The summed E-state index contributed by atoms with van der Waals surface area (Å²) >= 11 is 1.57. The van der Waals surface area contributed by atoms with Gasteiger partial charge in [0.05, 0.1) is 33.8 Å². The zero-order valence-corrected chi connectivity index (χ0v) is 14.4. The fourth-order valence-electron chi connectivity index (χ4n) is 2.35. The van der Waals surface area contributed by atoms with E-state index in [9.17, 15) is 8.42 Å². The lowest BCUT2D eigenvalue weighted by molar-refractivity contribution is 0.395. The molecule has 5 nitrogen and oxygen atoms in total. The monoisotopic (exact) mass is 347 g/mol. The van der Waals surface area contributed by atoms with Gasteiger partial charge in [-0.25, -0.2) is 13.4 Å². The molecule has 0 saturated heterocycles. The molecule has 0 spiro atoms. The van der Waals surface area contributed by atoms with Crippen molar-refractivity contribution in [2.24, 2.45) is 0 Å². The molecule has 1 aromatic heterocycles. The summed E-state index contributed by atoms with van der Waals surface area (Å²) in [4.78, 5) is 4.71. The van der Waals surface area contributed by atoms with Crippen molar-refractivity contribution >= 4 is 21.4 Å². The van der Waals surface area contributed by atoms with Crippen LogP contribution in [0.4, 0.5) is 0 Å². The van der Waals surface area contributed by atoms with Crippen molar-refractivity contribution in [3.05, 3.63) is 45.9 Å². The second-order valence-electron chi connectivity index (χ2n) is 5.50. The van der Waals surface area contributed by atoms with Gasteiger partial charge in [0.2, 0.25) is 10.0 Å². The van der Waals surface area contributed by atoms with Gasteiger partial charge in [-0.15, -0.1) is 11.3 Å². The number of hydrogen-bond donors (Lipinski definition) is 0. The van der Waals surface area contributed by atoms with E-state index in [1.165, 1.54) is 24.3 Å². The smallest absolute Gasteiger partial charge is 0.243 e. The summed E-state index contributed by atoms with van der Waals surface area (Å²) in [5, 5.41) is 11.8. The zero-order chi connectivity index (χ0) is 16.4. The van der Waals surface area contributed by atoms with Crippen LogP contribution in [0.5, 0.6) is 0 Å². The first kappa shape index (κ1) is 16.1. The summed E-state index contributed by atoms with van der Waals surface area (Å²) in [7, 11) is -3.57. The highest BCUT2D eigenvalue weighted by atomic mass is 32.2. The molecule has 0 atom stereocenters. The van der Waals surface area contributed by atoms with Crippen LogP contribution in [0, 0.1) is 11.3 Å². The largest absolute Gasteiger partial charge is 0.245 e. The minimum Gasteiger partial charge on any atom is -0.245 e. The number of sulfonamides is 1. The Balaban J connectivity index is 1.88. The summed E-state index contributed by atoms with van der Waals surface area (Å²) in [5.41, 5.74) is 1.25. The molecule has 1 aliphatic carbocycles. The average Bonchev–Trinajstić information content (AvgIpc) is 3.30. The standard InChI is InChI=1S/C16H17N3O2S2/c1-2-16-18-13(11-22-16)10-19(14-5-6-14)23(20,21)15-7-3-12(9-17)4-8-15/h3-4,7-8,11,14H,2,5-6,10H2,1H3. The van der Waals surface area contributed by atoms with Crippen molar-refractivity contribution in [1.29, 1.82) is 5.26 Å². The number of thiazole rings is 1. The van der Waals surface area contributed by atoms with Gasteiger partial charge >= 0.3 is 0 Å². The normalized spacial score (nSPS) is 14.8. The van der Waals surface area contributed by atoms with Crippen LogP contribution in [0.15, 0.2) is 34.5 Å². The zero-order valence-electron chi connectivity index (χ0n) is 12.8. The molecule has 1 aliphatic rings. The molecule has 1 heterocycles. The first-order valence-corrected chi connectivity index (χ1v) is 9.82. The number of hydrogen-bond acceptors (Lipinski definition) is 5. The third kappa shape index (κ3) is 3.44. The average molecular weight is 347 g/mol. The second kappa shape index (κ2) is 6.40. The molecule has 0 amide bonds. The molecule has 0 bridgehead atoms. The van der Waals surface area contributed by atoms with Gasteiger partial charge in [-0.05, 0) is 43.5 Å². The molecule has 120 valence electrons. The number of nitriles is 1. The molecular weight excluding hydrogens is 330 g/mol. The second-order valence-corrected chi connectivity index (χ2v) is 8.34. The Morgan fingerprint density at radius 1 is 1.35 bits per heavy atom. The summed E-state index contributed by atoms with van der Waals surface area (Å²) in [6.07, 6.45) is 2.64. The molecular formula is C16H17N3O2S2. The van der Waals surface area contributed by atoms with Crippen LogP contribution >= 0.6 is 11.3 Å². The molecule has 7 heteroatoms. The molecule has 1 aromatic carbocycles. The van der Waals surface area contributed by atoms with Crippen LogP contribution in [-0.2, 0) is 23.0 Å². The van der Waals surface area contributed by atoms with E-state index in [1.54, 1.807) is 15.6 Å². The highest BCUT2D eigenvalue weighted by Crippen LogP contribution is 2.33. The Labute approximate surface area is 140 Å². The first-order chi connectivity index (χ1) is 11.0. The van der Waals surface area contributed by atoms with E-state index in [4.69, 9.17) is 5.26 Å². The minimum absolute atomic E-state index is 0.0578. The molecule has 0 unspecified atom stereocenters. The van der Waals surface area contributed by atoms with Crippen molar-refractivity contribution in [2.75, 3.05) is 0 Å². The van der Waals surface area contributed by atoms with E-state index in [0.717, 1.165) is 30.0 Å². The van der Waals surface area contributed by atoms with Crippen LogP contribution in [0.2, 0.25) is 0 Å². The summed E-state index contributed by atoms with van der Waals surface area (Å²) < 4.78 is 27.4. The summed E-state index contributed by atoms with van der Waals surface area (Å²) in [6.45, 7) is 2.35. The van der Waals surface area contributed by atoms with Crippen molar-refractivity contribution < 1.29 is 8.42 Å². The van der Waals surface area contributed by atoms with Gasteiger partial charge in [-0.2, -0.15) is 9.57 Å². The van der Waals surface area contributed by atoms with Crippen molar-refractivity contribution in [3.63, 3.8) is 0 Å². The van der Waals surface area contributed by atoms with Crippen molar-refractivity contribution in [3.8, 4) is 6.07 Å². The van der Waals surface area contributed by atoms with Crippen LogP contribution in [0.3, 0.4) is 0 Å². The van der Waals surface area contributed by atoms with Crippen LogP contribution in [0.25, 0.3) is 0 Å². The van der Waals surface area contributed by atoms with Crippen LogP contribution < -0.4 is 0 Å². The highest BCUT2D eigenvalue weighted by Gasteiger charge is 2.38. The highest BCUT2D eigenvalue weighted by molar-refractivity contribution is 7.89. The van der Waals surface area contributed by atoms with Gasteiger partial charge in [0, 0.05) is 11.4 Å². The number of nitrogens with zero attached hydrogens (tertiary/aromatic N) is 3. The third-order valence-corrected chi connectivity index (χ3v) is 6.72. The number of aromatic nitrogens is 1. The SMILES string of the molecule is CCc1nc(CN(C2CC2)S(=O)(=O)c2ccc(C#N)cc2)cs1. The quantitative estimate of drug-likeness (QED) is 0.805. The lowest BCUT2D eigenvalue weighted by Gasteiger charge is -2.21. The van der Waals surface area contributed by atoms with Gasteiger partial charge in [0.1, 0.15) is 0 Å². The summed E-state index contributed by atoms with van der Waals surface area (Å²) in [5.74, 6) is 0. The Morgan fingerprint density at radius 2 is 2.04 bits per heavy atom. The van der Waals surface area contributed by atoms with Gasteiger partial charge < -0.3 is 0 Å². The predicted octanol–water partition coefficient (Wildman–Crippen LogP) is 2.93. The Kier molecular flexibility index (Phi) is 4.48. The van der Waals surface area contributed by atoms with E-state index in [0.29, 0.717) is 12.1 Å². The molecule has 1 saturated carbocycles. The lowest BCUT2D eigenvalue weighted by Crippen LogP contribution is -2.32. The van der Waals surface area contributed by atoms with Gasteiger partial charge in [0.25, 0.3) is 0 Å². The van der Waals surface area contributed by atoms with E-state index in [1.807, 2.05) is 18.4 Å². The fourth-order valence-corrected chi connectivity index (χ4v) is 4.75. The predicted molar refractivity (Wildman–Crippen MR) is 88.4 cm³/mol. The Morgan fingerprint density at radius 3 is 2.57 bits per heavy atom. The van der Waals surface area contributed by atoms with Gasteiger partial charge in [-0.3, -0.25) is 0 Å². The van der Waals surface area contributed by atoms with Crippen molar-refractivity contribution in [2.45, 2.75) is 43.7 Å². The van der Waals surface area contributed by atoms with E-state index < -0.39 is 10.0 Å². The maximum atomic E-state index is 12.9. The maximum Gasteiger partial charge on any atom is 0.243 e. The molecule has 0 aliphatic heterocycles. The molecule has 0 radical (unpaired) electrons. The molecule has 2 aromatic rings. The van der Waals surface area contributed by atoms with Crippen LogP contribution in [0.1, 0.15) is 36.0 Å². The third-order valence-electron chi connectivity index (χ3n) is 3.76. The van der Waals surface area contributed by atoms with Gasteiger partial charge in [0.15, 0.2) is 0 Å². The van der Waals surface area contributed by atoms with Gasteiger partial charge in [-0.1, -0.05) is 6.92 Å². The molecule has 1 fully saturated rings. The fraction of sp³-hybridized carbons (Fsp3) is 0.375. The van der Waals surface area contributed by atoms with Crippen LogP contribution in [-0.4, -0.2) is 23.7 Å². The molecule has 3 rings (SSSR count). The number of benzene rings is 1. The topological polar surface area (TPSA) is 74.1 Å². The van der Waals surface area contributed by atoms with E-state index in [2.05, 4.69) is 4.98 Å². The Bertz CT molecular complexity index is 831. The van der Waals surface area contributed by atoms with Crippen molar-refractivity contribution in [1.82, 2.24) is 9.29 Å². The maximum absolute atomic E-state index is 12.9. The van der Waals surface area contributed by atoms with E-state index >= 15 is 0 Å². The summed E-state index contributed by atoms with van der Waals surface area (Å²) in [6, 6.07) is 8.14. The molecule has 0 N–H and O–H groups in total. The Hall–Kier alpha value is -1.75. The molecule has 23 heavy (non-hydrogen) atoms. The first-order valence-electron chi connectivity index (χ1n) is 7.50. The van der Waals surface area contributed by atoms with E-state index in [-0.39, 0.29) is 10.9 Å².